The Morgan fingerprint density at radius 2 is 2.05 bits per heavy atom. The summed E-state index contributed by atoms with van der Waals surface area (Å²) in [4.78, 5) is 11.5. The van der Waals surface area contributed by atoms with Crippen LogP contribution >= 0.6 is 15.9 Å². The first-order valence-corrected chi connectivity index (χ1v) is 7.04. The van der Waals surface area contributed by atoms with Crippen molar-refractivity contribution in [2.45, 2.75) is 19.5 Å². The molecule has 20 heavy (non-hydrogen) atoms. The van der Waals surface area contributed by atoms with Crippen molar-refractivity contribution < 1.29 is 13.9 Å². The topological polar surface area (TPSA) is 51.5 Å². The van der Waals surface area contributed by atoms with Gasteiger partial charge in [-0.1, -0.05) is 28.1 Å². The zero-order chi connectivity index (χ0) is 14.5. The number of hydrogen-bond acceptors (Lipinski definition) is 4. The summed E-state index contributed by atoms with van der Waals surface area (Å²) >= 11 is 3.41. The highest BCUT2D eigenvalue weighted by molar-refractivity contribution is 9.10. The largest absolute Gasteiger partial charge is 0.463 e. The number of halogens is 1. The van der Waals surface area contributed by atoms with Gasteiger partial charge in [-0.2, -0.15) is 0 Å². The number of ether oxygens (including phenoxy) is 1. The first kappa shape index (κ1) is 14.8. The third-order valence-electron chi connectivity index (χ3n) is 3.09. The Balaban J connectivity index is 2.00. The van der Waals surface area contributed by atoms with E-state index in [1.54, 1.807) is 6.07 Å². The van der Waals surface area contributed by atoms with Gasteiger partial charge in [0.2, 0.25) is 5.76 Å². The number of carbonyl (C=O) groups is 1. The van der Waals surface area contributed by atoms with Crippen molar-refractivity contribution in [2.24, 2.45) is 0 Å². The normalized spacial score (nSPS) is 12.2. The third-order valence-corrected chi connectivity index (χ3v) is 3.61. The van der Waals surface area contributed by atoms with Crippen molar-refractivity contribution in [3.05, 3.63) is 58.0 Å². The second kappa shape index (κ2) is 6.72. The molecule has 2 aromatic rings. The lowest BCUT2D eigenvalue weighted by atomic mass is 10.1. The molecule has 1 heterocycles. The molecule has 0 saturated carbocycles. The molecule has 1 N–H and O–H groups in total. The van der Waals surface area contributed by atoms with E-state index in [1.807, 2.05) is 12.1 Å². The fourth-order valence-electron chi connectivity index (χ4n) is 1.88. The Hall–Kier alpha value is -1.59. The van der Waals surface area contributed by atoms with Crippen LogP contribution in [0.2, 0.25) is 0 Å². The molecule has 5 heteroatoms. The van der Waals surface area contributed by atoms with E-state index in [1.165, 1.54) is 18.9 Å². The van der Waals surface area contributed by atoms with Crippen LogP contribution in [-0.4, -0.2) is 13.1 Å². The van der Waals surface area contributed by atoms with Gasteiger partial charge in [-0.3, -0.25) is 0 Å². The van der Waals surface area contributed by atoms with Crippen molar-refractivity contribution in [1.29, 1.82) is 0 Å². The average molecular weight is 338 g/mol. The third kappa shape index (κ3) is 3.49. The maximum absolute atomic E-state index is 11.5. The summed E-state index contributed by atoms with van der Waals surface area (Å²) in [6.07, 6.45) is 1.49. The molecule has 4 nitrogen and oxygen atoms in total. The highest BCUT2D eigenvalue weighted by Crippen LogP contribution is 2.18. The summed E-state index contributed by atoms with van der Waals surface area (Å²) in [5.74, 6) is -0.203. The highest BCUT2D eigenvalue weighted by Gasteiger charge is 2.16. The molecule has 0 saturated heterocycles. The number of nitrogens with one attached hydrogen (secondary N) is 1. The maximum atomic E-state index is 11.5. The van der Waals surface area contributed by atoms with Crippen LogP contribution in [0.5, 0.6) is 0 Å². The first-order valence-electron chi connectivity index (χ1n) is 6.25. The van der Waals surface area contributed by atoms with Gasteiger partial charge in [0.05, 0.1) is 13.4 Å². The van der Waals surface area contributed by atoms with Gasteiger partial charge in [-0.05, 0) is 30.7 Å². The van der Waals surface area contributed by atoms with Crippen LogP contribution in [0, 0.1) is 0 Å². The highest BCUT2D eigenvalue weighted by atomic mass is 79.9. The molecule has 0 radical (unpaired) electrons. The van der Waals surface area contributed by atoms with Gasteiger partial charge in [0.25, 0.3) is 0 Å². The molecule has 0 aliphatic rings. The van der Waals surface area contributed by atoms with Gasteiger partial charge in [0.1, 0.15) is 0 Å². The predicted octanol–water partition coefficient (Wildman–Crippen LogP) is 3.68. The molecule has 0 unspecified atom stereocenters. The molecular weight excluding hydrogens is 322 g/mol. The summed E-state index contributed by atoms with van der Waals surface area (Å²) in [6, 6.07) is 10.1. The van der Waals surface area contributed by atoms with Gasteiger partial charge < -0.3 is 14.5 Å². The van der Waals surface area contributed by atoms with E-state index in [0.717, 1.165) is 10.0 Å². The van der Waals surface area contributed by atoms with Crippen LogP contribution in [0.1, 0.15) is 34.6 Å². The SMILES string of the molecule is COC(=O)c1occc1CN[C@H](C)c1ccc(Br)cc1. The van der Waals surface area contributed by atoms with Crippen molar-refractivity contribution >= 4 is 21.9 Å². The number of furan rings is 1. The van der Waals surface area contributed by atoms with Crippen LogP contribution in [0.15, 0.2) is 45.5 Å². The predicted molar refractivity (Wildman–Crippen MR) is 79.4 cm³/mol. The Bertz CT molecular complexity index is 577. The van der Waals surface area contributed by atoms with E-state index in [0.29, 0.717) is 6.54 Å². The summed E-state index contributed by atoms with van der Waals surface area (Å²) in [7, 11) is 1.34. The van der Waals surface area contributed by atoms with Crippen molar-refractivity contribution in [3.63, 3.8) is 0 Å². The molecule has 106 valence electrons. The van der Waals surface area contributed by atoms with Crippen LogP contribution in [0.4, 0.5) is 0 Å². The second-order valence-corrected chi connectivity index (χ2v) is 5.34. The Kier molecular flexibility index (Phi) is 4.98. The number of rotatable bonds is 5. The molecule has 0 spiro atoms. The van der Waals surface area contributed by atoms with Crippen molar-refractivity contribution in [1.82, 2.24) is 5.32 Å². The van der Waals surface area contributed by atoms with Crippen LogP contribution in [0.25, 0.3) is 0 Å². The minimum absolute atomic E-state index is 0.170. The number of esters is 1. The van der Waals surface area contributed by atoms with Gasteiger partial charge in [-0.25, -0.2) is 4.79 Å². The standard InChI is InChI=1S/C15H16BrNO3/c1-10(11-3-5-13(16)6-4-11)17-9-12-7-8-20-14(12)15(18)19-2/h3-8,10,17H,9H2,1-2H3/t10-/m1/s1. The Labute approximate surface area is 126 Å². The van der Waals surface area contributed by atoms with E-state index in [2.05, 4.69) is 45.0 Å². The first-order chi connectivity index (χ1) is 9.61. The molecule has 0 aliphatic heterocycles. The van der Waals surface area contributed by atoms with Crippen LogP contribution in [0.3, 0.4) is 0 Å². The maximum Gasteiger partial charge on any atom is 0.374 e. The van der Waals surface area contributed by atoms with E-state index >= 15 is 0 Å². The fraction of sp³-hybridized carbons (Fsp3) is 0.267. The van der Waals surface area contributed by atoms with Gasteiger partial charge >= 0.3 is 5.97 Å². The van der Waals surface area contributed by atoms with Crippen molar-refractivity contribution in [2.75, 3.05) is 7.11 Å². The smallest absolute Gasteiger partial charge is 0.374 e. The summed E-state index contributed by atoms with van der Waals surface area (Å²) in [6.45, 7) is 2.61. The van der Waals surface area contributed by atoms with Gasteiger partial charge in [0.15, 0.2) is 0 Å². The number of benzene rings is 1. The molecule has 1 aromatic heterocycles. The molecule has 1 atom stereocenters. The summed E-state index contributed by atoms with van der Waals surface area (Å²) in [5, 5.41) is 3.36. The van der Waals surface area contributed by atoms with E-state index < -0.39 is 5.97 Å². The zero-order valence-corrected chi connectivity index (χ0v) is 12.9. The van der Waals surface area contributed by atoms with E-state index in [-0.39, 0.29) is 11.8 Å². The summed E-state index contributed by atoms with van der Waals surface area (Å²) < 4.78 is 10.9. The number of hydrogen-bond donors (Lipinski definition) is 1. The molecule has 2 rings (SSSR count). The summed E-state index contributed by atoms with van der Waals surface area (Å²) in [5.41, 5.74) is 1.97. The second-order valence-electron chi connectivity index (χ2n) is 4.42. The molecule has 1 aromatic carbocycles. The molecule has 0 fully saturated rings. The lowest BCUT2D eigenvalue weighted by Gasteiger charge is -2.14. The lowest BCUT2D eigenvalue weighted by molar-refractivity contribution is 0.0563. The Morgan fingerprint density at radius 1 is 1.35 bits per heavy atom. The molecule has 0 amide bonds. The quantitative estimate of drug-likeness (QED) is 0.845. The van der Waals surface area contributed by atoms with E-state index in [9.17, 15) is 4.79 Å². The minimum atomic E-state index is -0.455. The van der Waals surface area contributed by atoms with Crippen molar-refractivity contribution in [3.8, 4) is 0 Å². The number of methoxy groups -OCH3 is 1. The zero-order valence-electron chi connectivity index (χ0n) is 11.4. The minimum Gasteiger partial charge on any atom is -0.463 e. The fourth-order valence-corrected chi connectivity index (χ4v) is 2.14. The van der Waals surface area contributed by atoms with E-state index in [4.69, 9.17) is 4.42 Å². The average Bonchev–Trinajstić information content (AvgIpc) is 2.93. The molecule has 0 aliphatic carbocycles. The van der Waals surface area contributed by atoms with Gasteiger partial charge in [-0.15, -0.1) is 0 Å². The Morgan fingerprint density at radius 3 is 2.70 bits per heavy atom. The van der Waals surface area contributed by atoms with Gasteiger partial charge in [0, 0.05) is 22.6 Å². The van der Waals surface area contributed by atoms with Crippen LogP contribution in [-0.2, 0) is 11.3 Å². The monoisotopic (exact) mass is 337 g/mol. The van der Waals surface area contributed by atoms with Crippen LogP contribution < -0.4 is 5.32 Å². The molecule has 0 bridgehead atoms. The number of carbonyl (C=O) groups excluding carboxylic acids is 1. The molecular formula is C15H16BrNO3. The lowest BCUT2D eigenvalue weighted by Crippen LogP contribution is -2.19.